The molecule has 0 unspecified atom stereocenters. The fraction of sp³-hybridized carbons (Fsp3) is 0.462. The van der Waals surface area contributed by atoms with Gasteiger partial charge in [0.25, 0.3) is 0 Å². The Balaban J connectivity index is 1.66. The molecule has 0 spiro atoms. The SMILES string of the molecule is O=C(NCCN1CCCC1)Nc1ccc(F)cc1. The van der Waals surface area contributed by atoms with Gasteiger partial charge in [0, 0.05) is 18.8 Å². The van der Waals surface area contributed by atoms with Crippen LogP contribution in [0.1, 0.15) is 12.8 Å². The highest BCUT2D eigenvalue weighted by molar-refractivity contribution is 5.89. The van der Waals surface area contributed by atoms with Crippen molar-refractivity contribution >= 4 is 11.7 Å². The van der Waals surface area contributed by atoms with Crippen LogP contribution in [0.5, 0.6) is 0 Å². The molecule has 1 saturated heterocycles. The minimum Gasteiger partial charge on any atom is -0.337 e. The molecule has 2 N–H and O–H groups in total. The molecule has 18 heavy (non-hydrogen) atoms. The highest BCUT2D eigenvalue weighted by atomic mass is 19.1. The standard InChI is InChI=1S/C13H18FN3O/c14-11-3-5-12(6-4-11)16-13(18)15-7-10-17-8-1-2-9-17/h3-6H,1-2,7-10H2,(H2,15,16,18). The molecule has 5 heteroatoms. The van der Waals surface area contributed by atoms with Crippen molar-refractivity contribution in [3.63, 3.8) is 0 Å². The summed E-state index contributed by atoms with van der Waals surface area (Å²) in [6.07, 6.45) is 2.50. The Hall–Kier alpha value is -1.62. The Morgan fingerprint density at radius 1 is 1.22 bits per heavy atom. The van der Waals surface area contributed by atoms with Crippen LogP contribution in [0.15, 0.2) is 24.3 Å². The van der Waals surface area contributed by atoms with E-state index in [2.05, 4.69) is 15.5 Å². The maximum absolute atomic E-state index is 12.7. The van der Waals surface area contributed by atoms with Crippen LogP contribution in [0.2, 0.25) is 0 Å². The zero-order valence-corrected chi connectivity index (χ0v) is 10.3. The van der Waals surface area contributed by atoms with Gasteiger partial charge < -0.3 is 15.5 Å². The van der Waals surface area contributed by atoms with E-state index >= 15 is 0 Å². The number of anilines is 1. The molecule has 1 aliphatic heterocycles. The van der Waals surface area contributed by atoms with Gasteiger partial charge in [-0.05, 0) is 50.2 Å². The monoisotopic (exact) mass is 251 g/mol. The lowest BCUT2D eigenvalue weighted by molar-refractivity contribution is 0.249. The first-order valence-corrected chi connectivity index (χ1v) is 6.27. The number of hydrogen-bond donors (Lipinski definition) is 2. The molecule has 0 aromatic heterocycles. The number of amides is 2. The summed E-state index contributed by atoms with van der Waals surface area (Å²) in [5.41, 5.74) is 0.593. The van der Waals surface area contributed by atoms with E-state index in [1.54, 1.807) is 0 Å². The Morgan fingerprint density at radius 2 is 1.89 bits per heavy atom. The number of rotatable bonds is 4. The van der Waals surface area contributed by atoms with Crippen molar-refractivity contribution in [2.24, 2.45) is 0 Å². The third-order valence-electron chi connectivity index (χ3n) is 3.01. The summed E-state index contributed by atoms with van der Waals surface area (Å²) in [6.45, 7) is 3.77. The molecule has 2 rings (SSSR count). The van der Waals surface area contributed by atoms with Crippen molar-refractivity contribution in [3.8, 4) is 0 Å². The largest absolute Gasteiger partial charge is 0.337 e. The quantitative estimate of drug-likeness (QED) is 0.860. The topological polar surface area (TPSA) is 44.4 Å². The molecule has 1 aromatic rings. The summed E-state index contributed by atoms with van der Waals surface area (Å²) in [6, 6.07) is 5.46. The van der Waals surface area contributed by atoms with Gasteiger partial charge in [0.1, 0.15) is 5.82 Å². The van der Waals surface area contributed by atoms with Gasteiger partial charge in [-0.2, -0.15) is 0 Å². The van der Waals surface area contributed by atoms with Crippen molar-refractivity contribution in [1.82, 2.24) is 10.2 Å². The van der Waals surface area contributed by atoms with E-state index in [1.165, 1.54) is 37.1 Å². The Labute approximate surface area is 106 Å². The van der Waals surface area contributed by atoms with E-state index < -0.39 is 0 Å². The molecular weight excluding hydrogens is 233 g/mol. The highest BCUT2D eigenvalue weighted by Crippen LogP contribution is 2.08. The number of urea groups is 1. The molecule has 1 heterocycles. The van der Waals surface area contributed by atoms with Crippen molar-refractivity contribution < 1.29 is 9.18 Å². The van der Waals surface area contributed by atoms with Crippen LogP contribution in [-0.4, -0.2) is 37.1 Å². The fourth-order valence-corrected chi connectivity index (χ4v) is 2.04. The number of carbonyl (C=O) groups is 1. The second kappa shape index (κ2) is 6.35. The van der Waals surface area contributed by atoms with E-state index in [-0.39, 0.29) is 11.8 Å². The lowest BCUT2D eigenvalue weighted by Crippen LogP contribution is -2.35. The van der Waals surface area contributed by atoms with Gasteiger partial charge in [-0.3, -0.25) is 0 Å². The summed E-state index contributed by atoms with van der Waals surface area (Å²) in [5, 5.41) is 5.45. The predicted molar refractivity (Wildman–Crippen MR) is 69.1 cm³/mol. The third-order valence-corrected chi connectivity index (χ3v) is 3.01. The van der Waals surface area contributed by atoms with Crippen LogP contribution in [0.3, 0.4) is 0 Å². The first kappa shape index (κ1) is 12.8. The predicted octanol–water partition coefficient (Wildman–Crippen LogP) is 2.04. The van der Waals surface area contributed by atoms with Crippen LogP contribution in [0, 0.1) is 5.82 Å². The van der Waals surface area contributed by atoms with E-state index in [0.717, 1.165) is 19.6 Å². The summed E-state index contributed by atoms with van der Waals surface area (Å²) >= 11 is 0. The molecule has 0 saturated carbocycles. The van der Waals surface area contributed by atoms with E-state index in [1.807, 2.05) is 0 Å². The number of nitrogens with one attached hydrogen (secondary N) is 2. The molecule has 1 aliphatic rings. The minimum absolute atomic E-state index is 0.249. The van der Waals surface area contributed by atoms with Gasteiger partial charge in [0.15, 0.2) is 0 Å². The van der Waals surface area contributed by atoms with Crippen molar-refractivity contribution in [1.29, 1.82) is 0 Å². The number of nitrogens with zero attached hydrogens (tertiary/aromatic N) is 1. The summed E-state index contributed by atoms with van der Waals surface area (Å²) in [5.74, 6) is -0.310. The van der Waals surface area contributed by atoms with Crippen LogP contribution < -0.4 is 10.6 Å². The van der Waals surface area contributed by atoms with E-state index in [9.17, 15) is 9.18 Å². The molecule has 1 fully saturated rings. The van der Waals surface area contributed by atoms with Crippen LogP contribution in [0.4, 0.5) is 14.9 Å². The number of hydrogen-bond acceptors (Lipinski definition) is 2. The molecule has 2 amide bonds. The average molecular weight is 251 g/mol. The molecule has 0 aliphatic carbocycles. The van der Waals surface area contributed by atoms with Crippen molar-refractivity contribution in [2.45, 2.75) is 12.8 Å². The van der Waals surface area contributed by atoms with Gasteiger partial charge >= 0.3 is 6.03 Å². The van der Waals surface area contributed by atoms with Gasteiger partial charge in [-0.15, -0.1) is 0 Å². The number of carbonyl (C=O) groups excluding carboxylic acids is 1. The molecule has 4 nitrogen and oxygen atoms in total. The number of likely N-dealkylation sites (tertiary alicyclic amines) is 1. The Morgan fingerprint density at radius 3 is 2.56 bits per heavy atom. The average Bonchev–Trinajstić information content (AvgIpc) is 2.85. The lowest BCUT2D eigenvalue weighted by Gasteiger charge is -2.14. The highest BCUT2D eigenvalue weighted by Gasteiger charge is 2.10. The van der Waals surface area contributed by atoms with Crippen molar-refractivity contribution in [3.05, 3.63) is 30.1 Å². The fourth-order valence-electron chi connectivity index (χ4n) is 2.04. The smallest absolute Gasteiger partial charge is 0.319 e. The van der Waals surface area contributed by atoms with Gasteiger partial charge in [-0.1, -0.05) is 0 Å². The Bertz CT molecular complexity index is 388. The van der Waals surface area contributed by atoms with E-state index in [4.69, 9.17) is 0 Å². The van der Waals surface area contributed by atoms with Gasteiger partial charge in [-0.25, -0.2) is 9.18 Å². The van der Waals surface area contributed by atoms with Crippen LogP contribution in [-0.2, 0) is 0 Å². The molecule has 0 bridgehead atoms. The second-order valence-electron chi connectivity index (χ2n) is 4.44. The first-order valence-electron chi connectivity index (χ1n) is 6.27. The zero-order valence-electron chi connectivity index (χ0n) is 10.3. The number of benzene rings is 1. The maximum atomic E-state index is 12.7. The Kier molecular flexibility index (Phi) is 4.52. The van der Waals surface area contributed by atoms with Gasteiger partial charge in [0.2, 0.25) is 0 Å². The van der Waals surface area contributed by atoms with Crippen LogP contribution in [0.25, 0.3) is 0 Å². The molecule has 0 atom stereocenters. The van der Waals surface area contributed by atoms with E-state index in [0.29, 0.717) is 12.2 Å². The minimum atomic E-state index is -0.310. The zero-order chi connectivity index (χ0) is 12.8. The van der Waals surface area contributed by atoms with Crippen LogP contribution >= 0.6 is 0 Å². The van der Waals surface area contributed by atoms with Crippen molar-refractivity contribution in [2.75, 3.05) is 31.5 Å². The third kappa shape index (κ3) is 4.00. The molecule has 1 aromatic carbocycles. The summed E-state index contributed by atoms with van der Waals surface area (Å²) < 4.78 is 12.7. The summed E-state index contributed by atoms with van der Waals surface area (Å²) in [4.78, 5) is 13.9. The molecular formula is C13H18FN3O. The molecule has 0 radical (unpaired) electrons. The lowest BCUT2D eigenvalue weighted by atomic mass is 10.3. The molecule has 98 valence electrons. The summed E-state index contributed by atoms with van der Waals surface area (Å²) in [7, 11) is 0. The maximum Gasteiger partial charge on any atom is 0.319 e. The first-order chi connectivity index (χ1) is 8.74. The second-order valence-corrected chi connectivity index (χ2v) is 4.44. The van der Waals surface area contributed by atoms with Gasteiger partial charge in [0.05, 0.1) is 0 Å². The number of halogens is 1. The normalized spacial score (nSPS) is 15.6.